The fourth-order valence-corrected chi connectivity index (χ4v) is 4.81. The molecule has 3 rings (SSSR count). The van der Waals surface area contributed by atoms with Crippen molar-refractivity contribution in [3.8, 4) is 17.0 Å². The molecule has 216 valence electrons. The van der Waals surface area contributed by atoms with Crippen LogP contribution in [0.4, 0.5) is 10.2 Å². The number of carbonyl (C=O) groups is 2. The highest BCUT2D eigenvalue weighted by molar-refractivity contribution is 6.33. The van der Waals surface area contributed by atoms with E-state index in [-0.39, 0.29) is 51.5 Å². The van der Waals surface area contributed by atoms with Crippen LogP contribution in [-0.2, 0) is 9.59 Å². The Kier molecular flexibility index (Phi) is 10.5. The van der Waals surface area contributed by atoms with Crippen LogP contribution in [0.15, 0.2) is 58.8 Å². The second-order valence-electron chi connectivity index (χ2n) is 9.59. The zero-order chi connectivity index (χ0) is 30.3. The van der Waals surface area contributed by atoms with Crippen LogP contribution in [-0.4, -0.2) is 83.2 Å². The Labute approximate surface area is 243 Å². The highest BCUT2D eigenvalue weighted by Gasteiger charge is 2.32. The summed E-state index contributed by atoms with van der Waals surface area (Å²) in [4.78, 5) is 43.1. The summed E-state index contributed by atoms with van der Waals surface area (Å²) in [5.41, 5.74) is 0.0328. The minimum atomic E-state index is -0.753. The first-order valence-corrected chi connectivity index (χ1v) is 13.3. The summed E-state index contributed by atoms with van der Waals surface area (Å²) >= 11 is 6.68. The quantitative estimate of drug-likeness (QED) is 0.195. The number of halogens is 2. The van der Waals surface area contributed by atoms with E-state index in [1.54, 1.807) is 18.0 Å². The summed E-state index contributed by atoms with van der Waals surface area (Å²) in [5.74, 6) is -0.713. The number of amides is 2. The molecule has 41 heavy (non-hydrogen) atoms. The second-order valence-corrected chi connectivity index (χ2v) is 10.00. The Hall–Kier alpha value is -4.38. The SMILES string of the molecule is C=CC(=O)N1CCN(/C(=N/C)c2cc(Cl)c(-c3c(O)cccc3F)nc2N(C=O)C(=C\C(C)C)/N=C\C=N)C(C)C1. The van der Waals surface area contributed by atoms with Crippen molar-refractivity contribution in [2.45, 2.75) is 26.8 Å². The molecule has 0 spiro atoms. The van der Waals surface area contributed by atoms with Gasteiger partial charge in [0.25, 0.3) is 0 Å². The lowest BCUT2D eigenvalue weighted by Gasteiger charge is -2.41. The van der Waals surface area contributed by atoms with E-state index in [1.165, 1.54) is 41.5 Å². The number of aliphatic imine (C=N–C) groups is 2. The molecular formula is C29H33ClFN7O3. The minimum absolute atomic E-state index is 0.0154. The molecule has 1 atom stereocenters. The lowest BCUT2D eigenvalue weighted by molar-refractivity contribution is -0.128. The van der Waals surface area contributed by atoms with Gasteiger partial charge in [-0.15, -0.1) is 0 Å². The molecule has 2 heterocycles. The molecule has 1 saturated heterocycles. The Morgan fingerprint density at radius 3 is 2.66 bits per heavy atom. The summed E-state index contributed by atoms with van der Waals surface area (Å²) in [7, 11) is 1.58. The average molecular weight is 582 g/mol. The first kappa shape index (κ1) is 31.2. The zero-order valence-electron chi connectivity index (χ0n) is 23.4. The van der Waals surface area contributed by atoms with Gasteiger partial charge in [0.1, 0.15) is 23.2 Å². The van der Waals surface area contributed by atoms with Gasteiger partial charge in [-0.25, -0.2) is 14.4 Å². The van der Waals surface area contributed by atoms with Crippen molar-refractivity contribution >= 4 is 48.0 Å². The molecule has 1 aromatic heterocycles. The second kappa shape index (κ2) is 13.8. The molecule has 12 heteroatoms. The van der Waals surface area contributed by atoms with Crippen LogP contribution >= 0.6 is 11.6 Å². The number of hydrogen-bond donors (Lipinski definition) is 2. The molecule has 2 amide bonds. The number of amidine groups is 1. The lowest BCUT2D eigenvalue weighted by Crippen LogP contribution is -2.55. The van der Waals surface area contributed by atoms with E-state index in [2.05, 4.69) is 21.5 Å². The molecule has 0 radical (unpaired) electrons. The van der Waals surface area contributed by atoms with Gasteiger partial charge in [-0.3, -0.25) is 19.5 Å². The largest absolute Gasteiger partial charge is 0.507 e. The molecule has 2 aromatic rings. The van der Waals surface area contributed by atoms with Gasteiger partial charge >= 0.3 is 0 Å². The monoisotopic (exact) mass is 581 g/mol. The van der Waals surface area contributed by atoms with Crippen molar-refractivity contribution in [1.29, 1.82) is 5.41 Å². The number of anilines is 1. The summed E-state index contributed by atoms with van der Waals surface area (Å²) < 4.78 is 15.0. The van der Waals surface area contributed by atoms with Crippen LogP contribution in [0.5, 0.6) is 5.75 Å². The van der Waals surface area contributed by atoms with Crippen molar-refractivity contribution in [3.05, 3.63) is 65.2 Å². The van der Waals surface area contributed by atoms with Crippen molar-refractivity contribution in [2.24, 2.45) is 15.9 Å². The number of carbonyl (C=O) groups excluding carboxylic acids is 2. The predicted molar refractivity (Wildman–Crippen MR) is 160 cm³/mol. The Bertz CT molecular complexity index is 1400. The maximum atomic E-state index is 15.0. The van der Waals surface area contributed by atoms with E-state index in [1.807, 2.05) is 25.7 Å². The van der Waals surface area contributed by atoms with E-state index in [9.17, 15) is 19.1 Å². The summed E-state index contributed by atoms with van der Waals surface area (Å²) in [5, 5.41) is 17.9. The standard InChI is InChI=1S/C29H33ClFN7O3/c1-6-25(41)36-12-13-37(19(4)16-36)28(33-5)20-15-21(30)27(26-22(31)8-7-9-23(26)40)35-29(20)38(17-39)24(14-18(2)3)34-11-10-32/h6-11,14-15,17-19,32,40H,1,12-13,16H2,2-5H3/b24-14-,32-10?,33-28+,34-11-. The third-order valence-corrected chi connectivity index (χ3v) is 6.66. The molecule has 1 aromatic carbocycles. The van der Waals surface area contributed by atoms with Gasteiger partial charge < -0.3 is 20.3 Å². The van der Waals surface area contributed by atoms with Crippen molar-refractivity contribution < 1.29 is 19.1 Å². The van der Waals surface area contributed by atoms with Gasteiger partial charge in [0.2, 0.25) is 12.3 Å². The Morgan fingerprint density at radius 2 is 2.10 bits per heavy atom. The predicted octanol–water partition coefficient (Wildman–Crippen LogP) is 4.52. The summed E-state index contributed by atoms with van der Waals surface area (Å²) in [6.07, 6.45) is 5.68. The van der Waals surface area contributed by atoms with Crippen molar-refractivity contribution in [1.82, 2.24) is 14.8 Å². The number of phenols is 1. The van der Waals surface area contributed by atoms with Crippen molar-refractivity contribution in [3.63, 3.8) is 0 Å². The summed E-state index contributed by atoms with van der Waals surface area (Å²) in [6, 6.07) is 5.17. The minimum Gasteiger partial charge on any atom is -0.507 e. The highest BCUT2D eigenvalue weighted by atomic mass is 35.5. The fourth-order valence-electron chi connectivity index (χ4n) is 4.56. The average Bonchev–Trinajstić information content (AvgIpc) is 2.93. The van der Waals surface area contributed by atoms with Gasteiger partial charge in [0.15, 0.2) is 5.82 Å². The Balaban J connectivity index is 2.29. The number of pyridine rings is 1. The number of aromatic nitrogens is 1. The molecule has 0 aliphatic carbocycles. The number of nitrogens with one attached hydrogen (secondary N) is 1. The van der Waals surface area contributed by atoms with E-state index in [0.29, 0.717) is 37.4 Å². The fraction of sp³-hybridized carbons (Fsp3) is 0.310. The number of hydrogen-bond acceptors (Lipinski definition) is 7. The normalized spacial score (nSPS) is 16.3. The molecule has 1 aliphatic heterocycles. The van der Waals surface area contributed by atoms with E-state index >= 15 is 0 Å². The number of aromatic hydroxyl groups is 1. The molecular weight excluding hydrogens is 549 g/mol. The highest BCUT2D eigenvalue weighted by Crippen LogP contribution is 2.39. The topological polar surface area (TPSA) is 126 Å². The maximum Gasteiger partial charge on any atom is 0.246 e. The third-order valence-electron chi connectivity index (χ3n) is 6.37. The molecule has 2 N–H and O–H groups in total. The molecule has 1 aliphatic rings. The van der Waals surface area contributed by atoms with Crippen molar-refractivity contribution in [2.75, 3.05) is 31.6 Å². The molecule has 0 bridgehead atoms. The maximum absolute atomic E-state index is 15.0. The number of benzene rings is 1. The van der Waals surface area contributed by atoms with Gasteiger partial charge in [-0.1, -0.05) is 38.1 Å². The van der Waals surface area contributed by atoms with E-state index in [4.69, 9.17) is 17.0 Å². The van der Waals surface area contributed by atoms with Gasteiger partial charge in [-0.2, -0.15) is 0 Å². The third kappa shape index (κ3) is 6.86. The van der Waals surface area contributed by atoms with Crippen LogP contribution in [0.2, 0.25) is 5.02 Å². The van der Waals surface area contributed by atoms with Gasteiger partial charge in [0, 0.05) is 45.2 Å². The molecule has 10 nitrogen and oxygen atoms in total. The smallest absolute Gasteiger partial charge is 0.246 e. The number of phenolic OH excluding ortho intramolecular Hbond substituents is 1. The van der Waals surface area contributed by atoms with E-state index < -0.39 is 5.82 Å². The summed E-state index contributed by atoms with van der Waals surface area (Å²) in [6.45, 7) is 10.5. The lowest BCUT2D eigenvalue weighted by atomic mass is 10.1. The number of allylic oxidation sites excluding steroid dienone is 1. The van der Waals surface area contributed by atoms with Crippen LogP contribution in [0, 0.1) is 17.1 Å². The Morgan fingerprint density at radius 1 is 1.37 bits per heavy atom. The van der Waals surface area contributed by atoms with E-state index in [0.717, 1.165) is 6.21 Å². The molecule has 1 fully saturated rings. The molecule has 1 unspecified atom stereocenters. The number of piperazine rings is 1. The van der Waals surface area contributed by atoms with Gasteiger partial charge in [0.05, 0.1) is 21.8 Å². The van der Waals surface area contributed by atoms with Crippen LogP contribution < -0.4 is 4.90 Å². The molecule has 0 saturated carbocycles. The van der Waals surface area contributed by atoms with Crippen LogP contribution in [0.25, 0.3) is 11.3 Å². The zero-order valence-corrected chi connectivity index (χ0v) is 24.1. The first-order valence-electron chi connectivity index (χ1n) is 12.9. The van der Waals surface area contributed by atoms with Crippen LogP contribution in [0.3, 0.4) is 0 Å². The van der Waals surface area contributed by atoms with Gasteiger partial charge in [-0.05, 0) is 43.2 Å². The number of rotatable bonds is 9. The number of nitrogens with zero attached hydrogens (tertiary/aromatic N) is 6. The first-order chi connectivity index (χ1) is 19.6. The van der Waals surface area contributed by atoms with Crippen LogP contribution in [0.1, 0.15) is 26.3 Å².